The van der Waals surface area contributed by atoms with Crippen LogP contribution in [0.5, 0.6) is 0 Å². The Morgan fingerprint density at radius 2 is 1.55 bits per heavy atom. The minimum atomic E-state index is -0.864. The van der Waals surface area contributed by atoms with Gasteiger partial charge < -0.3 is 51.1 Å². The SMILES string of the molecule is CC(=O)c1cc2ccc(Br)cc2[nH]1.CC(C)(C)OC(=O)n1ncc2cc(Nc3ccnc(Cl)n3)ccc21.Cc1nccc(Nc2ccc(C3=CCN=C3)cc2)n1.NC1CCOC1.O=C(O)c1cc2ccc(Br)cc2s1.OC[C@@H]1COCCN1. The third-order valence-corrected chi connectivity index (χ3v) is 14.0. The Bertz CT molecular complexity index is 3600. The Labute approximate surface area is 505 Å². The topological polar surface area (TPSA) is 279 Å². The number of allylic oxidation sites excluding steroid dienone is 1. The number of aromatic amines is 1. The van der Waals surface area contributed by atoms with Crippen LogP contribution < -0.4 is 21.7 Å². The molecule has 2 atom stereocenters. The van der Waals surface area contributed by atoms with Gasteiger partial charge in [-0.2, -0.15) is 9.78 Å². The molecule has 4 aromatic carbocycles. The average Bonchev–Trinajstić information content (AvgIpc) is 4.55. The second kappa shape index (κ2) is 30.8. The Morgan fingerprint density at radius 1 is 0.855 bits per heavy atom. The van der Waals surface area contributed by atoms with Crippen LogP contribution in [0.3, 0.4) is 0 Å². The predicted molar refractivity (Wildman–Crippen MR) is 335 cm³/mol. The molecule has 1 unspecified atom stereocenters. The number of benzene rings is 4. The summed E-state index contributed by atoms with van der Waals surface area (Å²) in [6.45, 7) is 13.7. The number of aryl methyl sites for hydroxylation is 1. The number of nitrogens with zero attached hydrogens (tertiary/aromatic N) is 7. The van der Waals surface area contributed by atoms with E-state index in [2.05, 4.69) is 101 Å². The zero-order valence-electron chi connectivity index (χ0n) is 46.1. The van der Waals surface area contributed by atoms with Crippen LogP contribution in [0.4, 0.5) is 27.8 Å². The normalized spacial score (nSPS) is 15.1. The van der Waals surface area contributed by atoms with Gasteiger partial charge in [-0.3, -0.25) is 9.79 Å². The molecular formula is C59H63Br2ClN12O8S. The first-order chi connectivity index (χ1) is 39.8. The summed E-state index contributed by atoms with van der Waals surface area (Å²) in [6, 6.07) is 33.0. The Hall–Kier alpha value is -7.32. The van der Waals surface area contributed by atoms with E-state index in [1.807, 2.05) is 107 Å². The molecule has 0 radical (unpaired) electrons. The fraction of sp³-hybridized carbons (Fsp3) is 0.271. The number of aromatic nitrogens is 7. The number of H-pyrrole nitrogens is 1. The second-order valence-corrected chi connectivity index (χ2v) is 22.8. The van der Waals surface area contributed by atoms with Crippen LogP contribution in [0.1, 0.15) is 65.7 Å². The van der Waals surface area contributed by atoms with E-state index in [9.17, 15) is 14.4 Å². The Morgan fingerprint density at radius 3 is 2.16 bits per heavy atom. The number of aliphatic hydroxyl groups is 1. The van der Waals surface area contributed by atoms with Crippen LogP contribution in [-0.4, -0.2) is 133 Å². The molecule has 434 valence electrons. The number of hydrogen-bond donors (Lipinski definition) is 7. The summed E-state index contributed by atoms with van der Waals surface area (Å²) in [5, 5.41) is 33.9. The van der Waals surface area contributed by atoms with E-state index < -0.39 is 17.7 Å². The lowest BCUT2D eigenvalue weighted by molar-refractivity contribution is 0.0521. The number of ketones is 1. The molecule has 8 heterocycles. The van der Waals surface area contributed by atoms with Gasteiger partial charge >= 0.3 is 12.1 Å². The second-order valence-electron chi connectivity index (χ2n) is 19.6. The summed E-state index contributed by atoms with van der Waals surface area (Å²) in [5.41, 5.74) is 11.3. The van der Waals surface area contributed by atoms with Crippen molar-refractivity contribution >= 4 is 139 Å². The van der Waals surface area contributed by atoms with Gasteiger partial charge in [0, 0.05) is 86.0 Å². The molecule has 0 spiro atoms. The van der Waals surface area contributed by atoms with Gasteiger partial charge in [-0.05, 0) is 141 Å². The van der Waals surface area contributed by atoms with Crippen LogP contribution in [-0.2, 0) is 14.2 Å². The van der Waals surface area contributed by atoms with Gasteiger partial charge in [0.1, 0.15) is 27.9 Å². The molecule has 12 rings (SSSR count). The zero-order valence-corrected chi connectivity index (χ0v) is 50.9. The number of aromatic carboxylic acids is 1. The third kappa shape index (κ3) is 20.2. The van der Waals surface area contributed by atoms with Gasteiger partial charge in [0.15, 0.2) is 5.78 Å². The number of hydrogen-bond acceptors (Lipinski definition) is 18. The number of carboxylic acids is 1. The number of nitrogens with two attached hydrogens (primary N) is 1. The predicted octanol–water partition coefficient (Wildman–Crippen LogP) is 12.2. The Kier molecular flexibility index (Phi) is 23.5. The molecule has 0 bridgehead atoms. The number of carboxylic acid groups (broad SMARTS) is 1. The molecule has 24 heteroatoms. The van der Waals surface area contributed by atoms with Crippen LogP contribution in [0.2, 0.25) is 5.28 Å². The fourth-order valence-corrected chi connectivity index (χ4v) is 9.73. The highest BCUT2D eigenvalue weighted by Crippen LogP contribution is 2.29. The number of nitrogens with one attached hydrogen (secondary N) is 4. The molecule has 5 aromatic heterocycles. The van der Waals surface area contributed by atoms with Gasteiger partial charge in [-0.1, -0.05) is 62.2 Å². The summed E-state index contributed by atoms with van der Waals surface area (Å²) in [4.78, 5) is 57.8. The summed E-state index contributed by atoms with van der Waals surface area (Å²) in [7, 11) is 0. The third-order valence-electron chi connectivity index (χ3n) is 11.8. The van der Waals surface area contributed by atoms with Crippen molar-refractivity contribution in [3.05, 3.63) is 164 Å². The molecule has 3 aliphatic rings. The minimum absolute atomic E-state index is 0.0623. The van der Waals surface area contributed by atoms with Gasteiger partial charge in [-0.15, -0.1) is 11.3 Å². The van der Waals surface area contributed by atoms with Crippen molar-refractivity contribution in [1.29, 1.82) is 0 Å². The van der Waals surface area contributed by atoms with Crippen molar-refractivity contribution in [2.45, 2.75) is 58.7 Å². The fourth-order valence-electron chi connectivity index (χ4n) is 7.77. The van der Waals surface area contributed by atoms with Gasteiger partial charge in [0.05, 0.1) is 56.4 Å². The van der Waals surface area contributed by atoms with Crippen LogP contribution in [0.25, 0.3) is 37.5 Å². The maximum atomic E-state index is 12.2. The first-order valence-electron chi connectivity index (χ1n) is 26.1. The monoisotopic (exact) mass is 1290 g/mol. The number of Topliss-reactive ketones (excluding diaryl/α,β-unsaturated/α-hetero) is 1. The van der Waals surface area contributed by atoms with E-state index in [0.717, 1.165) is 97.7 Å². The van der Waals surface area contributed by atoms with Crippen molar-refractivity contribution in [2.75, 3.05) is 56.8 Å². The molecular weight excluding hydrogens is 1230 g/mol. The number of morpholine rings is 1. The molecule has 0 aliphatic carbocycles. The molecule has 83 heavy (non-hydrogen) atoms. The highest BCUT2D eigenvalue weighted by molar-refractivity contribution is 9.10. The van der Waals surface area contributed by atoms with Crippen molar-refractivity contribution < 1.29 is 38.8 Å². The van der Waals surface area contributed by atoms with Crippen molar-refractivity contribution in [2.24, 2.45) is 10.7 Å². The van der Waals surface area contributed by atoms with Gasteiger partial charge in [-0.25, -0.2) is 29.5 Å². The lowest BCUT2D eigenvalue weighted by atomic mass is 10.1. The summed E-state index contributed by atoms with van der Waals surface area (Å²) in [6.07, 6.45) is 9.49. The number of fused-ring (bicyclic) bond motifs is 3. The standard InChI is InChI=1S/C16H16ClN5O2.C15H14N4.C10H8BrNO.C9H5BrO2S.C5H11NO2.C4H9NO/c1-16(2,3)24-15(23)22-12-5-4-11(8-10(12)9-19-22)20-13-6-7-18-14(17)21-13;1-11-17-9-7-15(18-11)19-14-4-2-12(3-5-14)13-6-8-16-10-13;1-6(13)9-4-7-2-3-8(11)5-10(7)12-9;10-6-2-1-5-3-8(9(11)12)13-7(5)4-6;7-3-5-4-8-2-1-6-5;5-4-1-2-6-3-4/h4-9H,1-3H3,(H,18,20,21);2-7,9-10H,8H2,1H3,(H,17,18,19);2-5,12H,1H3;1-4H,(H,11,12);5-7H,1-4H2;4H,1-3,5H2/t;;;;5-;/m....1./s1. The minimum Gasteiger partial charge on any atom is -0.477 e. The first kappa shape index (κ1) is 63.3. The smallest absolute Gasteiger partial charge is 0.435 e. The molecule has 9 aromatic rings. The molecule has 20 nitrogen and oxygen atoms in total. The van der Waals surface area contributed by atoms with E-state index in [1.165, 1.54) is 27.2 Å². The number of carbonyl (C=O) groups excluding carboxylic acids is 2. The maximum absolute atomic E-state index is 12.2. The molecule has 2 fully saturated rings. The number of aliphatic hydroxyl groups excluding tert-OH is 1. The van der Waals surface area contributed by atoms with Crippen LogP contribution >= 0.6 is 54.8 Å². The van der Waals surface area contributed by atoms with Crippen molar-refractivity contribution in [1.82, 2.24) is 40.0 Å². The number of rotatable bonds is 8. The lowest BCUT2D eigenvalue weighted by Gasteiger charge is -2.21. The number of anilines is 4. The number of aliphatic imine (C=N–C) groups is 1. The van der Waals surface area contributed by atoms with Crippen LogP contribution in [0.15, 0.2) is 142 Å². The average molecular weight is 1300 g/mol. The van der Waals surface area contributed by atoms with Crippen molar-refractivity contribution in [3.8, 4) is 0 Å². The molecule has 0 saturated carbocycles. The summed E-state index contributed by atoms with van der Waals surface area (Å²) >= 11 is 13.8. The van der Waals surface area contributed by atoms with Crippen molar-refractivity contribution in [3.63, 3.8) is 0 Å². The lowest BCUT2D eigenvalue weighted by Crippen LogP contribution is -2.43. The van der Waals surface area contributed by atoms with E-state index in [-0.39, 0.29) is 23.7 Å². The van der Waals surface area contributed by atoms with Crippen LogP contribution in [0, 0.1) is 6.92 Å². The van der Waals surface area contributed by atoms with E-state index in [4.69, 9.17) is 41.8 Å². The molecule has 8 N–H and O–H groups in total. The maximum Gasteiger partial charge on any atom is 0.435 e. The highest BCUT2D eigenvalue weighted by atomic mass is 79.9. The summed E-state index contributed by atoms with van der Waals surface area (Å²) in [5.74, 6) is 1.34. The quantitative estimate of drug-likeness (QED) is 0.0550. The number of ether oxygens (including phenoxy) is 3. The molecule has 0 amide bonds. The number of halogens is 3. The number of thiophene rings is 1. The van der Waals surface area contributed by atoms with E-state index in [1.54, 1.807) is 43.7 Å². The van der Waals surface area contributed by atoms with Gasteiger partial charge in [0.2, 0.25) is 5.28 Å². The summed E-state index contributed by atoms with van der Waals surface area (Å²) < 4.78 is 19.5. The molecule has 3 aliphatic heterocycles. The zero-order chi connectivity index (χ0) is 59.5. The largest absolute Gasteiger partial charge is 0.477 e. The Balaban J connectivity index is 0.000000151. The number of carbonyl (C=O) groups is 3. The van der Waals surface area contributed by atoms with E-state index in [0.29, 0.717) is 34.6 Å². The first-order valence-corrected chi connectivity index (χ1v) is 28.9. The van der Waals surface area contributed by atoms with Gasteiger partial charge in [0.25, 0.3) is 0 Å². The van der Waals surface area contributed by atoms with E-state index >= 15 is 0 Å². The highest BCUT2D eigenvalue weighted by Gasteiger charge is 2.20. The molecule has 2 saturated heterocycles.